The third kappa shape index (κ3) is 3.10. The van der Waals surface area contributed by atoms with Crippen molar-refractivity contribution in [2.24, 2.45) is 5.92 Å². The van der Waals surface area contributed by atoms with Crippen LogP contribution in [0.2, 0.25) is 0 Å². The van der Waals surface area contributed by atoms with Crippen molar-refractivity contribution in [2.45, 2.75) is 19.8 Å². The average Bonchev–Trinajstić information content (AvgIpc) is 3.27. The molecule has 0 radical (unpaired) electrons. The number of amides is 1. The molecule has 0 unspecified atom stereocenters. The standard InChI is InChI=1S/C22H21NO4/c1-13-8-16-10-20(27-19(16)9-14(13)2)21(24)23-11-17(18(12-23)22(25)26)15-6-4-3-5-7-15/h3-10,17-18H,11-12H2,1-2H3,(H,25,26)/t17-,18+/m0/s1. The van der Waals surface area contributed by atoms with Crippen molar-refractivity contribution in [3.8, 4) is 0 Å². The monoisotopic (exact) mass is 363 g/mol. The van der Waals surface area contributed by atoms with Gasteiger partial charge in [0.05, 0.1) is 5.92 Å². The van der Waals surface area contributed by atoms with Crippen molar-refractivity contribution in [1.82, 2.24) is 4.90 Å². The largest absolute Gasteiger partial charge is 0.481 e. The number of carbonyl (C=O) groups excluding carboxylic acids is 1. The summed E-state index contributed by atoms with van der Waals surface area (Å²) < 4.78 is 5.78. The summed E-state index contributed by atoms with van der Waals surface area (Å²) >= 11 is 0. The highest BCUT2D eigenvalue weighted by Crippen LogP contribution is 2.34. The maximum atomic E-state index is 13.0. The molecule has 1 aliphatic heterocycles. The van der Waals surface area contributed by atoms with E-state index in [0.717, 1.165) is 22.1 Å². The van der Waals surface area contributed by atoms with Gasteiger partial charge in [0.25, 0.3) is 5.91 Å². The predicted molar refractivity (Wildman–Crippen MR) is 102 cm³/mol. The Labute approximate surface area is 157 Å². The molecule has 0 aliphatic carbocycles. The summed E-state index contributed by atoms with van der Waals surface area (Å²) in [5.74, 6) is -1.72. The van der Waals surface area contributed by atoms with Gasteiger partial charge in [-0.2, -0.15) is 0 Å². The summed E-state index contributed by atoms with van der Waals surface area (Å²) in [6.07, 6.45) is 0. The van der Waals surface area contributed by atoms with Crippen molar-refractivity contribution in [3.05, 3.63) is 71.0 Å². The quantitative estimate of drug-likeness (QED) is 0.764. The molecule has 138 valence electrons. The van der Waals surface area contributed by atoms with Gasteiger partial charge in [0.2, 0.25) is 0 Å². The third-order valence-corrected chi connectivity index (χ3v) is 5.50. The first-order valence-electron chi connectivity index (χ1n) is 9.02. The topological polar surface area (TPSA) is 70.8 Å². The lowest BCUT2D eigenvalue weighted by atomic mass is 9.89. The Morgan fingerprint density at radius 3 is 2.44 bits per heavy atom. The van der Waals surface area contributed by atoms with Crippen LogP contribution in [0.4, 0.5) is 0 Å². The molecule has 0 spiro atoms. The Hall–Kier alpha value is -3.08. The zero-order valence-electron chi connectivity index (χ0n) is 15.3. The maximum absolute atomic E-state index is 13.0. The molecule has 2 aromatic carbocycles. The minimum atomic E-state index is -0.880. The molecule has 27 heavy (non-hydrogen) atoms. The Morgan fingerprint density at radius 1 is 1.04 bits per heavy atom. The van der Waals surface area contributed by atoms with Crippen molar-refractivity contribution < 1.29 is 19.1 Å². The van der Waals surface area contributed by atoms with E-state index in [2.05, 4.69) is 0 Å². The fourth-order valence-corrected chi connectivity index (χ4v) is 3.82. The highest BCUT2D eigenvalue weighted by Gasteiger charge is 2.41. The van der Waals surface area contributed by atoms with Gasteiger partial charge in [-0.15, -0.1) is 0 Å². The number of rotatable bonds is 3. The molecule has 1 amide bonds. The number of hydrogen-bond donors (Lipinski definition) is 1. The summed E-state index contributed by atoms with van der Waals surface area (Å²) in [7, 11) is 0. The number of carbonyl (C=O) groups is 2. The van der Waals surface area contributed by atoms with E-state index in [-0.39, 0.29) is 24.1 Å². The summed E-state index contributed by atoms with van der Waals surface area (Å²) in [5.41, 5.74) is 3.86. The number of nitrogens with zero attached hydrogens (tertiary/aromatic N) is 1. The predicted octanol–water partition coefficient (Wildman–Crippen LogP) is 3.99. The third-order valence-electron chi connectivity index (χ3n) is 5.50. The van der Waals surface area contributed by atoms with Crippen LogP contribution in [0.15, 0.2) is 52.9 Å². The van der Waals surface area contributed by atoms with E-state index in [0.29, 0.717) is 12.1 Å². The van der Waals surface area contributed by atoms with Gasteiger partial charge >= 0.3 is 5.97 Å². The van der Waals surface area contributed by atoms with Gasteiger partial charge in [0, 0.05) is 24.4 Å². The fraction of sp³-hybridized carbons (Fsp3) is 0.273. The summed E-state index contributed by atoms with van der Waals surface area (Å²) in [4.78, 5) is 26.3. The first kappa shape index (κ1) is 17.3. The van der Waals surface area contributed by atoms with Gasteiger partial charge in [0.1, 0.15) is 5.58 Å². The molecular formula is C22H21NO4. The SMILES string of the molecule is Cc1cc2cc(C(=O)N3C[C@@H](C(=O)O)[C@H](c4ccccc4)C3)oc2cc1C. The molecule has 3 aromatic rings. The lowest BCUT2D eigenvalue weighted by Gasteiger charge is -2.15. The molecule has 2 heterocycles. The Bertz CT molecular complexity index is 982. The van der Waals surface area contributed by atoms with E-state index in [9.17, 15) is 14.7 Å². The van der Waals surface area contributed by atoms with E-state index >= 15 is 0 Å². The van der Waals surface area contributed by atoms with Crippen LogP contribution in [0.1, 0.15) is 33.2 Å². The number of carboxylic acid groups (broad SMARTS) is 1. The molecular weight excluding hydrogens is 342 g/mol. The van der Waals surface area contributed by atoms with Crippen LogP contribution in [0.5, 0.6) is 0 Å². The highest BCUT2D eigenvalue weighted by molar-refractivity contribution is 5.97. The second-order valence-electron chi connectivity index (χ2n) is 7.26. The number of hydrogen-bond acceptors (Lipinski definition) is 3. The average molecular weight is 363 g/mol. The second kappa shape index (κ2) is 6.58. The molecule has 0 saturated carbocycles. The van der Waals surface area contributed by atoms with Gasteiger partial charge in [-0.1, -0.05) is 30.3 Å². The van der Waals surface area contributed by atoms with Crippen molar-refractivity contribution in [1.29, 1.82) is 0 Å². The normalized spacial score (nSPS) is 19.6. The molecule has 1 fully saturated rings. The van der Waals surface area contributed by atoms with Crippen LogP contribution < -0.4 is 0 Å². The Kier molecular flexibility index (Phi) is 4.22. The number of likely N-dealkylation sites (tertiary alicyclic amines) is 1. The van der Waals surface area contributed by atoms with E-state index in [4.69, 9.17) is 4.42 Å². The smallest absolute Gasteiger partial charge is 0.308 e. The van der Waals surface area contributed by atoms with Crippen LogP contribution in [-0.2, 0) is 4.79 Å². The molecule has 1 N–H and O–H groups in total. The van der Waals surface area contributed by atoms with Gasteiger partial charge in [-0.25, -0.2) is 0 Å². The summed E-state index contributed by atoms with van der Waals surface area (Å²) in [6, 6.07) is 15.2. The molecule has 1 saturated heterocycles. The van der Waals surface area contributed by atoms with E-state index in [1.807, 2.05) is 56.3 Å². The molecule has 0 bridgehead atoms. The highest BCUT2D eigenvalue weighted by atomic mass is 16.4. The lowest BCUT2D eigenvalue weighted by Crippen LogP contribution is -2.29. The first-order chi connectivity index (χ1) is 12.9. The summed E-state index contributed by atoms with van der Waals surface area (Å²) in [6.45, 7) is 4.57. The van der Waals surface area contributed by atoms with Gasteiger partial charge in [-0.05, 0) is 48.7 Å². The second-order valence-corrected chi connectivity index (χ2v) is 7.26. The van der Waals surface area contributed by atoms with Crippen molar-refractivity contribution in [3.63, 3.8) is 0 Å². The maximum Gasteiger partial charge on any atom is 0.308 e. The molecule has 1 aromatic heterocycles. The molecule has 2 atom stereocenters. The molecule has 5 heteroatoms. The minimum absolute atomic E-state index is 0.183. The Morgan fingerprint density at radius 2 is 1.74 bits per heavy atom. The van der Waals surface area contributed by atoms with Crippen LogP contribution >= 0.6 is 0 Å². The number of carboxylic acids is 1. The molecule has 5 nitrogen and oxygen atoms in total. The molecule has 1 aliphatic rings. The van der Waals surface area contributed by atoms with Crippen LogP contribution in [0.3, 0.4) is 0 Å². The van der Waals surface area contributed by atoms with Gasteiger partial charge in [-0.3, -0.25) is 9.59 Å². The van der Waals surface area contributed by atoms with Crippen molar-refractivity contribution >= 4 is 22.8 Å². The Balaban J connectivity index is 1.63. The van der Waals surface area contributed by atoms with Crippen LogP contribution in [-0.4, -0.2) is 35.0 Å². The van der Waals surface area contributed by atoms with Crippen molar-refractivity contribution in [2.75, 3.05) is 13.1 Å². The first-order valence-corrected chi connectivity index (χ1v) is 9.02. The zero-order valence-corrected chi connectivity index (χ0v) is 15.3. The van der Waals surface area contributed by atoms with E-state index in [1.54, 1.807) is 11.0 Å². The molecule has 4 rings (SSSR count). The lowest BCUT2D eigenvalue weighted by molar-refractivity contribution is -0.141. The number of furan rings is 1. The number of fused-ring (bicyclic) bond motifs is 1. The van der Waals surface area contributed by atoms with Gasteiger partial charge < -0.3 is 14.4 Å². The zero-order chi connectivity index (χ0) is 19.1. The minimum Gasteiger partial charge on any atom is -0.481 e. The van der Waals surface area contributed by atoms with Crippen LogP contribution in [0, 0.1) is 19.8 Å². The number of aryl methyl sites for hydroxylation is 2. The fourth-order valence-electron chi connectivity index (χ4n) is 3.82. The van der Waals surface area contributed by atoms with Gasteiger partial charge in [0.15, 0.2) is 5.76 Å². The van der Waals surface area contributed by atoms with Crippen LogP contribution in [0.25, 0.3) is 11.0 Å². The van der Waals surface area contributed by atoms with E-state index in [1.165, 1.54) is 0 Å². The summed E-state index contributed by atoms with van der Waals surface area (Å²) in [5, 5.41) is 10.5. The van der Waals surface area contributed by atoms with E-state index < -0.39 is 11.9 Å². The number of benzene rings is 2. The number of aliphatic carboxylic acids is 1.